The number of pyridine rings is 2. The Bertz CT molecular complexity index is 841. The summed E-state index contributed by atoms with van der Waals surface area (Å²) in [4.78, 5) is 8.61. The summed E-state index contributed by atoms with van der Waals surface area (Å²) in [6.07, 6.45) is 1.72. The summed E-state index contributed by atoms with van der Waals surface area (Å²) in [5.41, 5.74) is 3.69. The Hall–Kier alpha value is -3.20. The van der Waals surface area contributed by atoms with Crippen LogP contribution in [0.4, 0.5) is 5.82 Å². The minimum Gasteiger partial charge on any atom is -0.363 e. The molecule has 0 bridgehead atoms. The molecule has 0 atom stereocenters. The molecule has 3 heterocycles. The van der Waals surface area contributed by atoms with E-state index in [1.807, 2.05) is 44.2 Å². The number of hydrogen-bond donors (Lipinski definition) is 1. The highest BCUT2D eigenvalue weighted by Crippen LogP contribution is 2.18. The molecule has 0 unspecified atom stereocenters. The fourth-order valence-electron chi connectivity index (χ4n) is 2.30. The Morgan fingerprint density at radius 2 is 2.09 bits per heavy atom. The van der Waals surface area contributed by atoms with Gasteiger partial charge in [0.2, 0.25) is 0 Å². The van der Waals surface area contributed by atoms with Gasteiger partial charge in [0.15, 0.2) is 5.76 Å². The summed E-state index contributed by atoms with van der Waals surface area (Å²) in [5.74, 6) is 1.39. The molecule has 0 aliphatic heterocycles. The summed E-state index contributed by atoms with van der Waals surface area (Å²) >= 11 is 0. The van der Waals surface area contributed by atoms with Gasteiger partial charge in [0.05, 0.1) is 23.5 Å². The molecular formula is C17H15N5O. The van der Waals surface area contributed by atoms with E-state index in [0.29, 0.717) is 35.1 Å². The zero-order chi connectivity index (χ0) is 16.2. The lowest BCUT2D eigenvalue weighted by Gasteiger charge is -2.07. The first-order chi connectivity index (χ1) is 11.2. The minimum atomic E-state index is 0.456. The second-order valence-corrected chi connectivity index (χ2v) is 5.14. The molecule has 0 aromatic carbocycles. The number of anilines is 1. The Kier molecular flexibility index (Phi) is 4.02. The summed E-state index contributed by atoms with van der Waals surface area (Å²) in [6, 6.07) is 11.5. The molecule has 0 fully saturated rings. The molecule has 0 amide bonds. The van der Waals surface area contributed by atoms with Crippen molar-refractivity contribution in [2.24, 2.45) is 0 Å². The molecule has 0 aliphatic rings. The molecule has 0 radical (unpaired) electrons. The van der Waals surface area contributed by atoms with Gasteiger partial charge in [-0.05, 0) is 37.6 Å². The lowest BCUT2D eigenvalue weighted by atomic mass is 10.1. The van der Waals surface area contributed by atoms with Gasteiger partial charge in [0.1, 0.15) is 17.6 Å². The van der Waals surface area contributed by atoms with Gasteiger partial charge in [-0.25, -0.2) is 4.98 Å². The lowest BCUT2D eigenvalue weighted by Crippen LogP contribution is -2.03. The molecule has 3 aromatic rings. The van der Waals surface area contributed by atoms with Crippen molar-refractivity contribution in [2.75, 3.05) is 5.32 Å². The number of hydrogen-bond acceptors (Lipinski definition) is 6. The summed E-state index contributed by atoms with van der Waals surface area (Å²) in [5, 5.41) is 16.3. The number of rotatable bonds is 4. The summed E-state index contributed by atoms with van der Waals surface area (Å²) in [7, 11) is 0. The highest BCUT2D eigenvalue weighted by Gasteiger charge is 2.09. The summed E-state index contributed by atoms with van der Waals surface area (Å²) in [6.45, 7) is 4.17. The molecule has 3 aromatic heterocycles. The first kappa shape index (κ1) is 14.7. The maximum atomic E-state index is 9.07. The van der Waals surface area contributed by atoms with E-state index in [-0.39, 0.29) is 0 Å². The van der Waals surface area contributed by atoms with Crippen molar-refractivity contribution in [3.8, 4) is 17.5 Å². The predicted molar refractivity (Wildman–Crippen MR) is 85.5 cm³/mol. The quantitative estimate of drug-likeness (QED) is 0.796. The zero-order valence-electron chi connectivity index (χ0n) is 12.9. The van der Waals surface area contributed by atoms with Gasteiger partial charge >= 0.3 is 0 Å². The van der Waals surface area contributed by atoms with E-state index in [4.69, 9.17) is 9.78 Å². The van der Waals surface area contributed by atoms with Crippen LogP contribution in [0.5, 0.6) is 0 Å². The Balaban J connectivity index is 1.72. The van der Waals surface area contributed by atoms with Crippen LogP contribution in [0.3, 0.4) is 0 Å². The van der Waals surface area contributed by atoms with Crippen LogP contribution >= 0.6 is 0 Å². The third kappa shape index (κ3) is 3.19. The highest BCUT2D eigenvalue weighted by molar-refractivity contribution is 5.53. The number of aromatic nitrogens is 3. The lowest BCUT2D eigenvalue weighted by molar-refractivity contribution is 0.390. The van der Waals surface area contributed by atoms with E-state index < -0.39 is 0 Å². The molecule has 3 rings (SSSR count). The minimum absolute atomic E-state index is 0.456. The van der Waals surface area contributed by atoms with E-state index >= 15 is 0 Å². The molecule has 0 spiro atoms. The van der Waals surface area contributed by atoms with Crippen LogP contribution in [0.25, 0.3) is 11.4 Å². The van der Waals surface area contributed by atoms with Gasteiger partial charge in [-0.2, -0.15) is 5.26 Å². The van der Waals surface area contributed by atoms with Gasteiger partial charge in [-0.3, -0.25) is 4.98 Å². The van der Waals surface area contributed by atoms with Crippen LogP contribution in [0.2, 0.25) is 0 Å². The predicted octanol–water partition coefficient (Wildman–Crippen LogP) is 3.23. The first-order valence-corrected chi connectivity index (χ1v) is 7.16. The average Bonchev–Trinajstić information content (AvgIpc) is 3.02. The van der Waals surface area contributed by atoms with Crippen LogP contribution < -0.4 is 5.32 Å². The molecule has 114 valence electrons. The van der Waals surface area contributed by atoms with Crippen LogP contribution in [-0.2, 0) is 6.54 Å². The smallest absolute Gasteiger partial charge is 0.156 e. The fraction of sp³-hybridized carbons (Fsp3) is 0.176. The number of nitriles is 1. The maximum absolute atomic E-state index is 9.07. The number of nitrogens with one attached hydrogen (secondary N) is 1. The van der Waals surface area contributed by atoms with Gasteiger partial charge in [-0.15, -0.1) is 0 Å². The molecule has 6 nitrogen and oxygen atoms in total. The van der Waals surface area contributed by atoms with E-state index in [1.165, 1.54) is 0 Å². The molecule has 0 saturated heterocycles. The van der Waals surface area contributed by atoms with Gasteiger partial charge in [0, 0.05) is 12.3 Å². The van der Waals surface area contributed by atoms with E-state index in [1.54, 1.807) is 6.20 Å². The summed E-state index contributed by atoms with van der Waals surface area (Å²) < 4.78 is 5.31. The highest BCUT2D eigenvalue weighted by atomic mass is 16.5. The fourth-order valence-corrected chi connectivity index (χ4v) is 2.30. The van der Waals surface area contributed by atoms with Crippen molar-refractivity contribution in [2.45, 2.75) is 20.4 Å². The van der Waals surface area contributed by atoms with Crippen molar-refractivity contribution in [3.63, 3.8) is 0 Å². The molecule has 6 heteroatoms. The molecule has 23 heavy (non-hydrogen) atoms. The normalized spacial score (nSPS) is 10.3. The third-order valence-corrected chi connectivity index (χ3v) is 3.44. The van der Waals surface area contributed by atoms with Gasteiger partial charge < -0.3 is 9.84 Å². The third-order valence-electron chi connectivity index (χ3n) is 3.44. The molecular weight excluding hydrogens is 290 g/mol. The monoisotopic (exact) mass is 305 g/mol. The Morgan fingerprint density at radius 3 is 2.78 bits per heavy atom. The van der Waals surface area contributed by atoms with E-state index in [9.17, 15) is 0 Å². The standard InChI is InChI=1S/C17H15N5O/c1-11-7-17(21-12(2)14(11)9-18)20-10-13-8-16(22-23-13)15-5-3-4-6-19-15/h3-8H,10H2,1-2H3,(H,20,21). The average molecular weight is 305 g/mol. The topological polar surface area (TPSA) is 87.6 Å². The van der Waals surface area contributed by atoms with Crippen molar-refractivity contribution in [1.29, 1.82) is 5.26 Å². The molecule has 0 saturated carbocycles. The molecule has 0 aliphatic carbocycles. The second kappa shape index (κ2) is 6.28. The van der Waals surface area contributed by atoms with Crippen LogP contribution in [-0.4, -0.2) is 15.1 Å². The number of nitrogens with zero attached hydrogens (tertiary/aromatic N) is 4. The van der Waals surface area contributed by atoms with Crippen LogP contribution in [0.1, 0.15) is 22.6 Å². The van der Waals surface area contributed by atoms with E-state index in [2.05, 4.69) is 26.5 Å². The largest absolute Gasteiger partial charge is 0.363 e. The van der Waals surface area contributed by atoms with Crippen LogP contribution in [0, 0.1) is 25.2 Å². The first-order valence-electron chi connectivity index (χ1n) is 7.16. The maximum Gasteiger partial charge on any atom is 0.156 e. The second-order valence-electron chi connectivity index (χ2n) is 5.14. The zero-order valence-corrected chi connectivity index (χ0v) is 12.9. The van der Waals surface area contributed by atoms with Crippen molar-refractivity contribution < 1.29 is 4.52 Å². The number of aryl methyl sites for hydroxylation is 2. The Labute approximate surface area is 133 Å². The SMILES string of the molecule is Cc1cc(NCc2cc(-c3ccccn3)no2)nc(C)c1C#N. The van der Waals surface area contributed by atoms with Crippen molar-refractivity contribution in [1.82, 2.24) is 15.1 Å². The van der Waals surface area contributed by atoms with E-state index in [0.717, 1.165) is 11.3 Å². The van der Waals surface area contributed by atoms with Crippen molar-refractivity contribution in [3.05, 3.63) is 59.1 Å². The van der Waals surface area contributed by atoms with Gasteiger partial charge in [0.25, 0.3) is 0 Å². The van der Waals surface area contributed by atoms with Crippen LogP contribution in [0.15, 0.2) is 41.1 Å². The Morgan fingerprint density at radius 1 is 1.22 bits per heavy atom. The molecule has 1 N–H and O–H groups in total. The van der Waals surface area contributed by atoms with Crippen molar-refractivity contribution >= 4 is 5.82 Å². The van der Waals surface area contributed by atoms with Gasteiger partial charge in [-0.1, -0.05) is 11.2 Å².